The molecule has 2 aromatic heterocycles. The Morgan fingerprint density at radius 2 is 1.92 bits per heavy atom. The first kappa shape index (κ1) is 17.0. The third-order valence-electron chi connectivity index (χ3n) is 3.51. The summed E-state index contributed by atoms with van der Waals surface area (Å²) in [5.41, 5.74) is 3.58. The lowest BCUT2D eigenvalue weighted by Gasteiger charge is -2.11. The Hall–Kier alpha value is -2.83. The van der Waals surface area contributed by atoms with E-state index >= 15 is 0 Å². The van der Waals surface area contributed by atoms with E-state index in [2.05, 4.69) is 20.0 Å². The molecule has 7 heteroatoms. The molecule has 25 heavy (non-hydrogen) atoms. The molecule has 0 aliphatic rings. The number of nitrogens with zero attached hydrogens (tertiary/aromatic N) is 2. The minimum Gasteiger partial charge on any atom is -0.468 e. The molecule has 4 nitrogen and oxygen atoms in total. The predicted octanol–water partition coefficient (Wildman–Crippen LogP) is 4.49. The molecule has 0 atom stereocenters. The van der Waals surface area contributed by atoms with Gasteiger partial charge in [-0.05, 0) is 24.6 Å². The third kappa shape index (κ3) is 4.59. The standard InChI is InChI=1S/C18H16F3N3O/c1-12-8-16(14-4-2-3-5-15(14)24-12)22-9-13-6-7-17(23-10-13)25-11-18(19,20)21/h2-8,10H,9,11H2,1H3,(H,22,24). The summed E-state index contributed by atoms with van der Waals surface area (Å²) in [6.07, 6.45) is -2.88. The number of pyridine rings is 2. The molecule has 0 amide bonds. The van der Waals surface area contributed by atoms with E-state index in [-0.39, 0.29) is 5.88 Å². The average Bonchev–Trinajstić information content (AvgIpc) is 2.58. The summed E-state index contributed by atoms with van der Waals surface area (Å²) >= 11 is 0. The van der Waals surface area contributed by atoms with Crippen LogP contribution in [0.4, 0.5) is 18.9 Å². The third-order valence-corrected chi connectivity index (χ3v) is 3.51. The molecule has 130 valence electrons. The maximum Gasteiger partial charge on any atom is 0.422 e. The molecule has 0 unspecified atom stereocenters. The molecule has 0 saturated carbocycles. The second-order valence-electron chi connectivity index (χ2n) is 5.59. The van der Waals surface area contributed by atoms with E-state index in [0.29, 0.717) is 6.54 Å². The van der Waals surface area contributed by atoms with Crippen molar-refractivity contribution in [2.45, 2.75) is 19.6 Å². The van der Waals surface area contributed by atoms with Crippen LogP contribution in [0.1, 0.15) is 11.3 Å². The molecule has 0 radical (unpaired) electrons. The van der Waals surface area contributed by atoms with Crippen LogP contribution in [0.15, 0.2) is 48.7 Å². The van der Waals surface area contributed by atoms with Crippen molar-refractivity contribution in [3.63, 3.8) is 0 Å². The van der Waals surface area contributed by atoms with Crippen molar-refractivity contribution in [2.75, 3.05) is 11.9 Å². The zero-order valence-electron chi connectivity index (χ0n) is 13.5. The molecule has 0 aliphatic heterocycles. The van der Waals surface area contributed by atoms with E-state index < -0.39 is 12.8 Å². The Labute approximate surface area is 142 Å². The Morgan fingerprint density at radius 3 is 2.64 bits per heavy atom. The lowest BCUT2D eigenvalue weighted by molar-refractivity contribution is -0.154. The van der Waals surface area contributed by atoms with E-state index in [4.69, 9.17) is 0 Å². The lowest BCUT2D eigenvalue weighted by atomic mass is 10.1. The highest BCUT2D eigenvalue weighted by Crippen LogP contribution is 2.23. The highest BCUT2D eigenvalue weighted by atomic mass is 19.4. The normalized spacial score (nSPS) is 11.5. The second-order valence-corrected chi connectivity index (χ2v) is 5.59. The Balaban J connectivity index is 1.68. The minimum absolute atomic E-state index is 0.0497. The number of nitrogens with one attached hydrogen (secondary N) is 1. The van der Waals surface area contributed by atoms with Gasteiger partial charge in [0.15, 0.2) is 6.61 Å². The van der Waals surface area contributed by atoms with Crippen molar-refractivity contribution in [2.24, 2.45) is 0 Å². The number of aromatic nitrogens is 2. The van der Waals surface area contributed by atoms with Crippen LogP contribution in [-0.2, 0) is 6.54 Å². The number of aryl methyl sites for hydroxylation is 1. The van der Waals surface area contributed by atoms with E-state index in [1.54, 1.807) is 6.07 Å². The fourth-order valence-corrected chi connectivity index (χ4v) is 2.41. The number of para-hydroxylation sites is 1. The largest absolute Gasteiger partial charge is 0.468 e. The SMILES string of the molecule is Cc1cc(NCc2ccc(OCC(F)(F)F)nc2)c2ccccc2n1. The van der Waals surface area contributed by atoms with Gasteiger partial charge in [0.05, 0.1) is 5.52 Å². The molecule has 0 spiro atoms. The van der Waals surface area contributed by atoms with Gasteiger partial charge in [0.25, 0.3) is 0 Å². The van der Waals surface area contributed by atoms with E-state index in [1.165, 1.54) is 12.3 Å². The molecule has 3 rings (SSSR count). The summed E-state index contributed by atoms with van der Waals surface area (Å²) in [7, 11) is 0. The van der Waals surface area contributed by atoms with Crippen molar-refractivity contribution >= 4 is 16.6 Å². The number of fused-ring (bicyclic) bond motifs is 1. The maximum atomic E-state index is 12.1. The highest BCUT2D eigenvalue weighted by Gasteiger charge is 2.28. The number of hydrogen-bond acceptors (Lipinski definition) is 4. The van der Waals surface area contributed by atoms with Crippen LogP contribution in [0, 0.1) is 6.92 Å². The quantitative estimate of drug-likeness (QED) is 0.739. The van der Waals surface area contributed by atoms with Crippen LogP contribution >= 0.6 is 0 Å². The van der Waals surface area contributed by atoms with Crippen LogP contribution in [0.2, 0.25) is 0 Å². The maximum absolute atomic E-state index is 12.1. The van der Waals surface area contributed by atoms with Gasteiger partial charge in [0.2, 0.25) is 5.88 Å². The molecule has 1 N–H and O–H groups in total. The zero-order valence-corrected chi connectivity index (χ0v) is 13.5. The molecular weight excluding hydrogens is 331 g/mol. The molecular formula is C18H16F3N3O. The number of ether oxygens (including phenoxy) is 1. The number of hydrogen-bond donors (Lipinski definition) is 1. The number of benzene rings is 1. The Kier molecular flexibility index (Phi) is 4.74. The lowest BCUT2D eigenvalue weighted by Crippen LogP contribution is -2.19. The second kappa shape index (κ2) is 6.96. The molecule has 0 saturated heterocycles. The number of anilines is 1. The topological polar surface area (TPSA) is 47.0 Å². The van der Waals surface area contributed by atoms with Crippen molar-refractivity contribution in [1.82, 2.24) is 9.97 Å². The molecule has 3 aromatic rings. The highest BCUT2D eigenvalue weighted by molar-refractivity contribution is 5.91. The van der Waals surface area contributed by atoms with Crippen LogP contribution in [0.5, 0.6) is 5.88 Å². The summed E-state index contributed by atoms with van der Waals surface area (Å²) in [5, 5.41) is 4.33. The van der Waals surface area contributed by atoms with Gasteiger partial charge >= 0.3 is 6.18 Å². The molecule has 0 aliphatic carbocycles. The van der Waals surface area contributed by atoms with Gasteiger partial charge in [-0.15, -0.1) is 0 Å². The van der Waals surface area contributed by atoms with Crippen LogP contribution in [-0.4, -0.2) is 22.8 Å². The summed E-state index contributed by atoms with van der Waals surface area (Å²) in [6, 6.07) is 12.9. The van der Waals surface area contributed by atoms with Gasteiger partial charge in [-0.25, -0.2) is 4.98 Å². The fraction of sp³-hybridized carbons (Fsp3) is 0.222. The van der Waals surface area contributed by atoms with Gasteiger partial charge in [-0.1, -0.05) is 24.3 Å². The Bertz CT molecular complexity index is 864. The van der Waals surface area contributed by atoms with Gasteiger partial charge in [0.1, 0.15) is 0 Å². The zero-order chi connectivity index (χ0) is 17.9. The van der Waals surface area contributed by atoms with Crippen molar-refractivity contribution in [1.29, 1.82) is 0 Å². The first-order valence-electron chi connectivity index (χ1n) is 7.65. The minimum atomic E-state index is -4.37. The van der Waals surface area contributed by atoms with Crippen LogP contribution < -0.4 is 10.1 Å². The Morgan fingerprint density at radius 1 is 1.12 bits per heavy atom. The summed E-state index contributed by atoms with van der Waals surface area (Å²) in [4.78, 5) is 8.38. The van der Waals surface area contributed by atoms with Gasteiger partial charge in [0, 0.05) is 35.6 Å². The summed E-state index contributed by atoms with van der Waals surface area (Å²) < 4.78 is 41.0. The van der Waals surface area contributed by atoms with Gasteiger partial charge in [-0.2, -0.15) is 13.2 Å². The van der Waals surface area contributed by atoms with Crippen molar-refractivity contribution in [3.05, 3.63) is 59.9 Å². The first-order valence-corrected chi connectivity index (χ1v) is 7.65. The van der Waals surface area contributed by atoms with E-state index in [1.807, 2.05) is 37.3 Å². The number of rotatable bonds is 5. The molecule has 1 aromatic carbocycles. The smallest absolute Gasteiger partial charge is 0.422 e. The van der Waals surface area contributed by atoms with Crippen LogP contribution in [0.3, 0.4) is 0 Å². The molecule has 0 bridgehead atoms. The van der Waals surface area contributed by atoms with E-state index in [0.717, 1.165) is 27.8 Å². The van der Waals surface area contributed by atoms with E-state index in [9.17, 15) is 13.2 Å². The summed E-state index contributed by atoms with van der Waals surface area (Å²) in [5.74, 6) is -0.0497. The van der Waals surface area contributed by atoms with Gasteiger partial charge in [-0.3, -0.25) is 4.98 Å². The van der Waals surface area contributed by atoms with Crippen LogP contribution in [0.25, 0.3) is 10.9 Å². The molecule has 0 fully saturated rings. The van der Waals surface area contributed by atoms with Gasteiger partial charge < -0.3 is 10.1 Å². The predicted molar refractivity (Wildman–Crippen MR) is 89.6 cm³/mol. The fourth-order valence-electron chi connectivity index (χ4n) is 2.41. The monoisotopic (exact) mass is 347 g/mol. The summed E-state index contributed by atoms with van der Waals surface area (Å²) in [6.45, 7) is 1.06. The van der Waals surface area contributed by atoms with Crippen molar-refractivity contribution < 1.29 is 17.9 Å². The number of halogens is 3. The molecule has 2 heterocycles. The average molecular weight is 347 g/mol. The number of alkyl halides is 3. The van der Waals surface area contributed by atoms with Crippen molar-refractivity contribution in [3.8, 4) is 5.88 Å². The first-order chi connectivity index (χ1) is 11.9.